The molecule has 0 aliphatic rings. The molecule has 0 atom stereocenters. The van der Waals surface area contributed by atoms with Gasteiger partial charge < -0.3 is 15.3 Å². The Bertz CT molecular complexity index is 1090. The third kappa shape index (κ3) is 5.17. The van der Waals surface area contributed by atoms with Gasteiger partial charge in [0.2, 0.25) is 11.6 Å². The number of halogens is 10. The third-order valence-electron chi connectivity index (χ3n) is 3.73. The van der Waals surface area contributed by atoms with Crippen molar-refractivity contribution in [2.24, 2.45) is 0 Å². The van der Waals surface area contributed by atoms with E-state index < -0.39 is 85.6 Å². The summed E-state index contributed by atoms with van der Waals surface area (Å²) in [6.45, 7) is 0. The fraction of sp³-hybridized carbons (Fsp3) is 0. The predicted octanol–water partition coefficient (Wildman–Crippen LogP) is 5.19. The SMILES string of the molecule is Fc1c(F)c(F)c(-c2cccnc2-c2c(F)c(F)c(F)c(F)c2F)c(F)c1F.O=[N+]([O-])[O-].[Tl+]. The minimum atomic E-state index is -2.51. The molecule has 1 aromatic heterocycles. The van der Waals surface area contributed by atoms with E-state index in [2.05, 4.69) is 4.98 Å². The maximum atomic E-state index is 14.1. The molecule has 172 valence electrons. The van der Waals surface area contributed by atoms with Crippen molar-refractivity contribution in [1.82, 2.24) is 4.98 Å². The van der Waals surface area contributed by atoms with Gasteiger partial charge in [-0.1, -0.05) is 6.07 Å². The van der Waals surface area contributed by atoms with Crippen LogP contribution in [0.15, 0.2) is 18.3 Å². The van der Waals surface area contributed by atoms with Gasteiger partial charge >= 0.3 is 27.3 Å². The Labute approximate surface area is 195 Å². The summed E-state index contributed by atoms with van der Waals surface area (Å²) in [4.78, 5) is 11.6. The van der Waals surface area contributed by atoms with Crippen molar-refractivity contribution in [3.63, 3.8) is 0 Å². The number of hydrogen-bond acceptors (Lipinski definition) is 4. The second-order valence-electron chi connectivity index (χ2n) is 5.51. The number of hydrogen-bond donors (Lipinski definition) is 0. The number of pyridine rings is 1. The summed E-state index contributed by atoms with van der Waals surface area (Å²) in [5.41, 5.74) is -5.66. The van der Waals surface area contributed by atoms with Gasteiger partial charge in [-0.2, -0.15) is 0 Å². The summed E-state index contributed by atoms with van der Waals surface area (Å²) in [7, 11) is 0. The van der Waals surface area contributed by atoms with Crippen LogP contribution in [0.3, 0.4) is 0 Å². The molecule has 1 heterocycles. The summed E-state index contributed by atoms with van der Waals surface area (Å²) in [5.74, 6) is -24.1. The fourth-order valence-corrected chi connectivity index (χ4v) is 2.46. The van der Waals surface area contributed by atoms with Crippen LogP contribution >= 0.6 is 0 Å². The molecule has 0 aliphatic heterocycles. The Kier molecular flexibility index (Phi) is 9.14. The van der Waals surface area contributed by atoms with E-state index in [4.69, 9.17) is 15.3 Å². The average Bonchev–Trinajstić information content (AvgIpc) is 2.74. The van der Waals surface area contributed by atoms with Gasteiger partial charge in [0.05, 0.1) is 21.9 Å². The molecule has 16 heteroatoms. The van der Waals surface area contributed by atoms with Gasteiger partial charge in [-0.15, -0.1) is 0 Å². The van der Waals surface area contributed by atoms with Crippen LogP contribution < -0.4 is 0 Å². The van der Waals surface area contributed by atoms with Crippen molar-refractivity contribution in [2.75, 3.05) is 0 Å². The number of rotatable bonds is 2. The van der Waals surface area contributed by atoms with E-state index in [1.54, 1.807) is 0 Å². The molecule has 0 saturated carbocycles. The fourth-order valence-electron chi connectivity index (χ4n) is 2.46. The van der Waals surface area contributed by atoms with Crippen LogP contribution in [0.5, 0.6) is 0 Å². The molecule has 3 aromatic rings. The van der Waals surface area contributed by atoms with Crippen LogP contribution in [0.1, 0.15) is 0 Å². The minimum absolute atomic E-state index is 0. The standard InChI is InChI=1S/C17H3F10N.NO3.Tl/c18-7-5(8(19)12(23)15(26)11(7)22)4-2-1-3-28-17(4)6-9(20)13(24)16(27)14(25)10(6)21;2-1(3)4;/h1-3H;;/q;-1;+1. The second-order valence-corrected chi connectivity index (χ2v) is 5.51. The molecule has 0 N–H and O–H groups in total. The van der Waals surface area contributed by atoms with Gasteiger partial charge in [-0.3, -0.25) is 4.98 Å². The van der Waals surface area contributed by atoms with Crippen molar-refractivity contribution in [3.05, 3.63) is 91.8 Å². The summed E-state index contributed by atoms with van der Waals surface area (Å²) in [6, 6.07) is 1.53. The molecule has 0 bridgehead atoms. The van der Waals surface area contributed by atoms with E-state index in [0.717, 1.165) is 12.3 Å². The van der Waals surface area contributed by atoms with Gasteiger partial charge in [0.15, 0.2) is 46.5 Å². The monoisotopic (exact) mass is 678 g/mol. The Morgan fingerprint density at radius 2 is 0.909 bits per heavy atom. The smallest absolute Gasteiger partial charge is 0.356 e. The molecule has 0 saturated heterocycles. The topological polar surface area (TPSA) is 79.1 Å². The van der Waals surface area contributed by atoms with Crippen LogP contribution in [0.25, 0.3) is 22.4 Å². The molecule has 2 aromatic carbocycles. The molecule has 0 unspecified atom stereocenters. The van der Waals surface area contributed by atoms with Gasteiger partial charge in [0.25, 0.3) is 0 Å². The molecule has 5 nitrogen and oxygen atoms in total. The Hall–Kier alpha value is -2.99. The quantitative estimate of drug-likeness (QED) is 0.0936. The summed E-state index contributed by atoms with van der Waals surface area (Å²) < 4.78 is 136. The normalized spacial score (nSPS) is 10.2. The van der Waals surface area contributed by atoms with Gasteiger partial charge in [-0.05, 0) is 6.07 Å². The van der Waals surface area contributed by atoms with Gasteiger partial charge in [0.1, 0.15) is 0 Å². The first kappa shape index (κ1) is 28.0. The van der Waals surface area contributed by atoms with Crippen molar-refractivity contribution >= 4 is 27.3 Å². The van der Waals surface area contributed by atoms with Crippen LogP contribution in [0.2, 0.25) is 0 Å². The predicted molar refractivity (Wildman–Crippen MR) is 90.8 cm³/mol. The molecule has 33 heavy (non-hydrogen) atoms. The minimum Gasteiger partial charge on any atom is -0.356 e. The van der Waals surface area contributed by atoms with E-state index in [9.17, 15) is 43.9 Å². The molecular formula is C17H3F10N2O3Tl. The zero-order valence-corrected chi connectivity index (χ0v) is 19.7. The Morgan fingerprint density at radius 1 is 0.606 bits per heavy atom. The van der Waals surface area contributed by atoms with Crippen LogP contribution in [0, 0.1) is 73.5 Å². The van der Waals surface area contributed by atoms with Crippen molar-refractivity contribution in [1.29, 1.82) is 0 Å². The van der Waals surface area contributed by atoms with E-state index >= 15 is 0 Å². The number of aromatic nitrogens is 1. The zero-order chi connectivity index (χ0) is 24.5. The maximum absolute atomic E-state index is 14.1. The van der Waals surface area contributed by atoms with Crippen LogP contribution in [-0.2, 0) is 0 Å². The molecule has 0 aliphatic carbocycles. The van der Waals surface area contributed by atoms with Crippen molar-refractivity contribution in [2.45, 2.75) is 0 Å². The van der Waals surface area contributed by atoms with Gasteiger partial charge in [0, 0.05) is 11.8 Å². The summed E-state index contributed by atoms with van der Waals surface area (Å²) >= 11 is 0. The molecule has 0 radical (unpaired) electrons. The molecule has 0 spiro atoms. The Balaban J connectivity index is 0.00000101. The molecular weight excluding hydrogens is 675 g/mol. The average molecular weight is 678 g/mol. The summed E-state index contributed by atoms with van der Waals surface area (Å²) in [6.07, 6.45) is 0.753. The Morgan fingerprint density at radius 3 is 1.27 bits per heavy atom. The molecule has 0 fully saturated rings. The molecule has 0 amide bonds. The second kappa shape index (κ2) is 10.8. The number of benzene rings is 2. The summed E-state index contributed by atoms with van der Waals surface area (Å²) in [5, 5.41) is 14.8. The van der Waals surface area contributed by atoms with Crippen molar-refractivity contribution < 1.29 is 49.0 Å². The van der Waals surface area contributed by atoms with Crippen LogP contribution in [0.4, 0.5) is 43.9 Å². The third-order valence-corrected chi connectivity index (χ3v) is 3.73. The first-order valence-corrected chi connectivity index (χ1v) is 7.62. The first-order chi connectivity index (χ1) is 14.8. The van der Waals surface area contributed by atoms with E-state index in [0.29, 0.717) is 6.07 Å². The van der Waals surface area contributed by atoms with Gasteiger partial charge in [-0.25, -0.2) is 43.9 Å². The van der Waals surface area contributed by atoms with E-state index in [1.807, 2.05) is 0 Å². The van der Waals surface area contributed by atoms with Crippen molar-refractivity contribution in [3.8, 4) is 22.4 Å². The van der Waals surface area contributed by atoms with E-state index in [-0.39, 0.29) is 27.3 Å². The largest absolute Gasteiger partial charge is 1.00 e. The zero-order valence-electron chi connectivity index (χ0n) is 15.2. The van der Waals surface area contributed by atoms with E-state index in [1.165, 1.54) is 0 Å². The first-order valence-electron chi connectivity index (χ1n) is 7.62. The maximum Gasteiger partial charge on any atom is 1.00 e. The van der Waals surface area contributed by atoms with Crippen LogP contribution in [-0.4, -0.2) is 37.4 Å². The molecule has 3 rings (SSSR count). The number of nitrogens with zero attached hydrogens (tertiary/aromatic N) is 2.